The number of thiazole rings is 1. The van der Waals surface area contributed by atoms with Gasteiger partial charge in [-0.15, -0.1) is 11.3 Å². The van der Waals surface area contributed by atoms with Crippen molar-refractivity contribution in [3.63, 3.8) is 0 Å². The van der Waals surface area contributed by atoms with E-state index in [0.717, 1.165) is 25.4 Å². The second-order valence-corrected chi connectivity index (χ2v) is 6.70. The van der Waals surface area contributed by atoms with Gasteiger partial charge >= 0.3 is 0 Å². The number of nitrogens with zero attached hydrogens (tertiary/aromatic N) is 2. The smallest absolute Gasteiger partial charge is 0.140 e. The van der Waals surface area contributed by atoms with Gasteiger partial charge < -0.3 is 9.84 Å². The number of aromatic nitrogens is 1. The van der Waals surface area contributed by atoms with E-state index in [1.165, 1.54) is 4.88 Å². The summed E-state index contributed by atoms with van der Waals surface area (Å²) in [5, 5.41) is 10.6. The zero-order chi connectivity index (χ0) is 14.7. The molecule has 1 aromatic heterocycles. The third-order valence-electron chi connectivity index (χ3n) is 3.94. The molecule has 5 heteroatoms. The van der Waals surface area contributed by atoms with Gasteiger partial charge in [0, 0.05) is 30.7 Å². The number of para-hydroxylation sites is 1. The predicted molar refractivity (Wildman–Crippen MR) is 83.5 cm³/mol. The fourth-order valence-electron chi connectivity index (χ4n) is 2.58. The van der Waals surface area contributed by atoms with Gasteiger partial charge in [0.25, 0.3) is 0 Å². The second kappa shape index (κ2) is 6.13. The first-order valence-corrected chi connectivity index (χ1v) is 8.05. The number of likely N-dealkylation sites (tertiary alicyclic amines) is 1. The number of benzene rings is 1. The molecule has 1 fully saturated rings. The van der Waals surface area contributed by atoms with Gasteiger partial charge in [-0.25, -0.2) is 0 Å². The van der Waals surface area contributed by atoms with Crippen LogP contribution in [0.5, 0.6) is 5.75 Å². The van der Waals surface area contributed by atoms with Crippen LogP contribution < -0.4 is 4.74 Å². The summed E-state index contributed by atoms with van der Waals surface area (Å²) in [7, 11) is 0. The van der Waals surface area contributed by atoms with Crippen LogP contribution >= 0.6 is 11.3 Å². The Morgan fingerprint density at radius 3 is 2.95 bits per heavy atom. The topological polar surface area (TPSA) is 45.6 Å². The lowest BCUT2D eigenvalue weighted by molar-refractivity contribution is -0.0963. The maximum atomic E-state index is 10.6. The third kappa shape index (κ3) is 3.61. The Labute approximate surface area is 129 Å². The molecule has 1 aliphatic heterocycles. The molecule has 0 spiro atoms. The van der Waals surface area contributed by atoms with Crippen molar-refractivity contribution in [3.05, 3.63) is 46.9 Å². The van der Waals surface area contributed by atoms with Crippen LogP contribution in [0.3, 0.4) is 0 Å². The Morgan fingerprint density at radius 2 is 2.24 bits per heavy atom. The number of hydrogen-bond donors (Lipinski definition) is 1. The number of piperidine rings is 1. The highest BCUT2D eigenvalue weighted by atomic mass is 32.1. The molecule has 2 heterocycles. The van der Waals surface area contributed by atoms with Crippen molar-refractivity contribution in [2.75, 3.05) is 13.1 Å². The minimum absolute atomic E-state index is 0.221. The Morgan fingerprint density at radius 1 is 1.43 bits per heavy atom. The molecule has 0 radical (unpaired) electrons. The van der Waals surface area contributed by atoms with Crippen molar-refractivity contribution in [1.82, 2.24) is 9.88 Å². The first kappa shape index (κ1) is 14.5. The highest BCUT2D eigenvalue weighted by molar-refractivity contribution is 7.09. The van der Waals surface area contributed by atoms with Gasteiger partial charge in [0.1, 0.15) is 17.5 Å². The standard InChI is InChI=1S/C16H20N2O2S/c1-16(19)7-8-18(10-14-9-17-12-21-14)11-15(16)20-13-5-3-2-4-6-13/h2-6,9,12,15,19H,7-8,10-11H2,1H3/t15-,16-/m1/s1. The van der Waals surface area contributed by atoms with Gasteiger partial charge in [-0.05, 0) is 25.5 Å². The highest BCUT2D eigenvalue weighted by Gasteiger charge is 2.39. The molecular weight excluding hydrogens is 284 g/mol. The first-order valence-electron chi connectivity index (χ1n) is 7.17. The van der Waals surface area contributed by atoms with Gasteiger partial charge in [0.05, 0.1) is 5.51 Å². The summed E-state index contributed by atoms with van der Waals surface area (Å²) in [6.45, 7) is 4.33. The maximum absolute atomic E-state index is 10.6. The van der Waals surface area contributed by atoms with Crippen molar-refractivity contribution in [2.45, 2.75) is 31.6 Å². The minimum Gasteiger partial charge on any atom is -0.486 e. The van der Waals surface area contributed by atoms with Gasteiger partial charge in [0.2, 0.25) is 0 Å². The summed E-state index contributed by atoms with van der Waals surface area (Å²) in [6.07, 6.45) is 2.40. The lowest BCUT2D eigenvalue weighted by atomic mass is 9.90. The minimum atomic E-state index is -0.792. The van der Waals surface area contributed by atoms with Gasteiger partial charge in [-0.1, -0.05) is 18.2 Å². The van der Waals surface area contributed by atoms with E-state index in [0.29, 0.717) is 6.42 Å². The molecule has 1 aliphatic rings. The van der Waals surface area contributed by atoms with Crippen LogP contribution in [0.15, 0.2) is 42.0 Å². The largest absolute Gasteiger partial charge is 0.486 e. The van der Waals surface area contributed by atoms with Crippen molar-refractivity contribution in [2.24, 2.45) is 0 Å². The fourth-order valence-corrected chi connectivity index (χ4v) is 3.22. The molecule has 0 aliphatic carbocycles. The lowest BCUT2D eigenvalue weighted by Crippen LogP contribution is -2.56. The molecule has 1 saturated heterocycles. The molecule has 0 bridgehead atoms. The molecule has 0 amide bonds. The number of hydrogen-bond acceptors (Lipinski definition) is 5. The monoisotopic (exact) mass is 304 g/mol. The van der Waals surface area contributed by atoms with Crippen LogP contribution in [0.25, 0.3) is 0 Å². The van der Waals surface area contributed by atoms with Crippen LogP contribution in [0, 0.1) is 0 Å². The van der Waals surface area contributed by atoms with E-state index in [-0.39, 0.29) is 6.10 Å². The zero-order valence-corrected chi connectivity index (χ0v) is 12.9. The normalized spacial score (nSPS) is 26.7. The summed E-state index contributed by atoms with van der Waals surface area (Å²) < 4.78 is 6.02. The molecule has 1 N–H and O–H groups in total. The van der Waals surface area contributed by atoms with E-state index >= 15 is 0 Å². The first-order chi connectivity index (χ1) is 10.1. The third-order valence-corrected chi connectivity index (χ3v) is 4.70. The zero-order valence-electron chi connectivity index (χ0n) is 12.1. The molecule has 0 saturated carbocycles. The Kier molecular flexibility index (Phi) is 4.24. The number of rotatable bonds is 4. The van der Waals surface area contributed by atoms with E-state index in [9.17, 15) is 5.11 Å². The SMILES string of the molecule is C[C@@]1(O)CCN(Cc2cncs2)C[C@H]1Oc1ccccc1. The van der Waals surface area contributed by atoms with Crippen molar-refractivity contribution < 1.29 is 9.84 Å². The van der Waals surface area contributed by atoms with Crippen LogP contribution in [0.1, 0.15) is 18.2 Å². The van der Waals surface area contributed by atoms with Crippen LogP contribution in [0.2, 0.25) is 0 Å². The molecule has 2 aromatic rings. The Bertz CT molecular complexity index is 557. The van der Waals surface area contributed by atoms with Crippen molar-refractivity contribution in [3.8, 4) is 5.75 Å². The van der Waals surface area contributed by atoms with Crippen LogP contribution in [0.4, 0.5) is 0 Å². The predicted octanol–water partition coefficient (Wildman–Crippen LogP) is 2.55. The molecular formula is C16H20N2O2S. The van der Waals surface area contributed by atoms with E-state index < -0.39 is 5.60 Å². The summed E-state index contributed by atoms with van der Waals surface area (Å²) in [5.41, 5.74) is 1.06. The highest BCUT2D eigenvalue weighted by Crippen LogP contribution is 2.27. The summed E-state index contributed by atoms with van der Waals surface area (Å²) >= 11 is 1.67. The van der Waals surface area contributed by atoms with Crippen LogP contribution in [-0.2, 0) is 6.54 Å². The average Bonchev–Trinajstić information content (AvgIpc) is 2.97. The summed E-state index contributed by atoms with van der Waals surface area (Å²) in [4.78, 5) is 7.68. The lowest BCUT2D eigenvalue weighted by Gasteiger charge is -2.42. The summed E-state index contributed by atoms with van der Waals surface area (Å²) in [6, 6.07) is 9.71. The molecule has 2 atom stereocenters. The Balaban J connectivity index is 1.67. The fraction of sp³-hybridized carbons (Fsp3) is 0.438. The van der Waals surface area contributed by atoms with Gasteiger partial charge in [-0.2, -0.15) is 0 Å². The quantitative estimate of drug-likeness (QED) is 0.943. The molecule has 21 heavy (non-hydrogen) atoms. The Hall–Kier alpha value is -1.43. The molecule has 112 valence electrons. The molecule has 0 unspecified atom stereocenters. The number of aliphatic hydroxyl groups is 1. The van der Waals surface area contributed by atoms with E-state index in [1.54, 1.807) is 11.3 Å². The van der Waals surface area contributed by atoms with Gasteiger partial charge in [-0.3, -0.25) is 9.88 Å². The summed E-state index contributed by atoms with van der Waals surface area (Å²) in [5.74, 6) is 0.808. The number of ether oxygens (including phenoxy) is 1. The molecule has 4 nitrogen and oxygen atoms in total. The molecule has 1 aromatic carbocycles. The maximum Gasteiger partial charge on any atom is 0.140 e. The second-order valence-electron chi connectivity index (χ2n) is 5.73. The van der Waals surface area contributed by atoms with E-state index in [2.05, 4.69) is 9.88 Å². The van der Waals surface area contributed by atoms with E-state index in [1.807, 2.05) is 49.0 Å². The van der Waals surface area contributed by atoms with Crippen molar-refractivity contribution in [1.29, 1.82) is 0 Å². The molecule has 3 rings (SSSR count). The van der Waals surface area contributed by atoms with E-state index in [4.69, 9.17) is 4.74 Å². The van der Waals surface area contributed by atoms with Crippen molar-refractivity contribution >= 4 is 11.3 Å². The van der Waals surface area contributed by atoms with Gasteiger partial charge in [0.15, 0.2) is 0 Å². The van der Waals surface area contributed by atoms with Crippen LogP contribution in [-0.4, -0.2) is 39.8 Å². The average molecular weight is 304 g/mol.